The van der Waals surface area contributed by atoms with Gasteiger partial charge in [0.25, 0.3) is 0 Å². The smallest absolute Gasteiger partial charge is 0.133 e. The second-order valence-electron chi connectivity index (χ2n) is 5.37. The number of hydrogen-bond donors (Lipinski definition) is 2. The number of β-amino-alcohol motifs (C(OH)–C–C–N with tert-alkyl or cyclic N) is 1. The van der Waals surface area contributed by atoms with Gasteiger partial charge in [0.1, 0.15) is 5.82 Å². The van der Waals surface area contributed by atoms with Crippen molar-refractivity contribution >= 4 is 16.6 Å². The fourth-order valence-corrected chi connectivity index (χ4v) is 2.83. The number of aliphatic hydroxyl groups excluding tert-OH is 1. The monoisotopic (exact) mass is 275 g/mol. The summed E-state index contributed by atoms with van der Waals surface area (Å²) in [5, 5.41) is 10.2. The highest BCUT2D eigenvalue weighted by molar-refractivity contribution is 5.93. The standard InChI is InChI=1S/C15H18FN3O/c1-9(17)12-7-13(16)11-3-2-5-18-14(11)15(12)19-6-4-10(20)8-19/h2-3,5,7,9-10,20H,4,6,8,17H2,1H3/t9?,10-/m1/s1. The van der Waals surface area contributed by atoms with Crippen LogP contribution in [0, 0.1) is 5.82 Å². The lowest BCUT2D eigenvalue weighted by Gasteiger charge is -2.25. The first kappa shape index (κ1) is 13.3. The van der Waals surface area contributed by atoms with Gasteiger partial charge in [0.2, 0.25) is 0 Å². The maximum atomic E-state index is 14.2. The number of aliphatic hydroxyl groups is 1. The summed E-state index contributed by atoms with van der Waals surface area (Å²) in [4.78, 5) is 6.39. The van der Waals surface area contributed by atoms with Gasteiger partial charge >= 0.3 is 0 Å². The number of pyridine rings is 1. The van der Waals surface area contributed by atoms with Gasteiger partial charge in [-0.15, -0.1) is 0 Å². The molecule has 5 heteroatoms. The van der Waals surface area contributed by atoms with Gasteiger partial charge in [0.05, 0.1) is 17.3 Å². The third-order valence-corrected chi connectivity index (χ3v) is 3.82. The molecule has 1 unspecified atom stereocenters. The number of halogens is 1. The van der Waals surface area contributed by atoms with Crippen LogP contribution in [0.2, 0.25) is 0 Å². The van der Waals surface area contributed by atoms with Crippen molar-refractivity contribution in [3.05, 3.63) is 35.8 Å². The quantitative estimate of drug-likeness (QED) is 0.879. The Morgan fingerprint density at radius 3 is 3.00 bits per heavy atom. The average molecular weight is 275 g/mol. The van der Waals surface area contributed by atoms with Gasteiger partial charge in [-0.2, -0.15) is 0 Å². The maximum absolute atomic E-state index is 14.2. The van der Waals surface area contributed by atoms with E-state index in [1.54, 1.807) is 18.3 Å². The fraction of sp³-hybridized carbons (Fsp3) is 0.400. The Morgan fingerprint density at radius 2 is 2.35 bits per heavy atom. The summed E-state index contributed by atoms with van der Waals surface area (Å²) in [6.07, 6.45) is 2.02. The highest BCUT2D eigenvalue weighted by Crippen LogP contribution is 2.36. The molecule has 0 aliphatic carbocycles. The SMILES string of the molecule is CC(N)c1cc(F)c2cccnc2c1N1CC[C@@H](O)C1. The van der Waals surface area contributed by atoms with Crippen molar-refractivity contribution in [2.24, 2.45) is 5.73 Å². The van der Waals surface area contributed by atoms with E-state index in [9.17, 15) is 9.50 Å². The Morgan fingerprint density at radius 1 is 1.55 bits per heavy atom. The summed E-state index contributed by atoms with van der Waals surface area (Å²) in [7, 11) is 0. The lowest BCUT2D eigenvalue weighted by atomic mass is 10.0. The Labute approximate surface area is 117 Å². The Bertz CT molecular complexity index is 644. The second-order valence-corrected chi connectivity index (χ2v) is 5.37. The lowest BCUT2D eigenvalue weighted by Crippen LogP contribution is -2.24. The summed E-state index contributed by atoms with van der Waals surface area (Å²) >= 11 is 0. The number of nitrogens with zero attached hydrogens (tertiary/aromatic N) is 2. The third kappa shape index (κ3) is 2.13. The van der Waals surface area contributed by atoms with Crippen molar-refractivity contribution in [3.8, 4) is 0 Å². The zero-order valence-electron chi connectivity index (χ0n) is 11.4. The first-order chi connectivity index (χ1) is 9.58. The molecular formula is C15H18FN3O. The van der Waals surface area contributed by atoms with E-state index in [1.807, 2.05) is 6.92 Å². The summed E-state index contributed by atoms with van der Waals surface area (Å²) in [6, 6.07) is 4.65. The van der Waals surface area contributed by atoms with Crippen LogP contribution >= 0.6 is 0 Å². The molecule has 106 valence electrons. The first-order valence-corrected chi connectivity index (χ1v) is 6.83. The largest absolute Gasteiger partial charge is 0.391 e. The van der Waals surface area contributed by atoms with E-state index >= 15 is 0 Å². The Balaban J connectivity index is 2.26. The van der Waals surface area contributed by atoms with E-state index in [0.29, 0.717) is 23.9 Å². The first-order valence-electron chi connectivity index (χ1n) is 6.83. The van der Waals surface area contributed by atoms with E-state index in [-0.39, 0.29) is 18.0 Å². The van der Waals surface area contributed by atoms with Crippen LogP contribution in [0.25, 0.3) is 10.9 Å². The second kappa shape index (κ2) is 5.00. The number of fused-ring (bicyclic) bond motifs is 1. The Kier molecular flexibility index (Phi) is 3.31. The molecule has 3 rings (SSSR count). The van der Waals surface area contributed by atoms with Crippen LogP contribution in [-0.4, -0.2) is 29.3 Å². The average Bonchev–Trinajstić information content (AvgIpc) is 2.85. The molecule has 0 bridgehead atoms. The van der Waals surface area contributed by atoms with Gasteiger partial charge < -0.3 is 15.7 Å². The molecule has 1 aliphatic rings. The van der Waals surface area contributed by atoms with Crippen molar-refractivity contribution in [2.45, 2.75) is 25.5 Å². The zero-order chi connectivity index (χ0) is 14.3. The maximum Gasteiger partial charge on any atom is 0.133 e. The minimum absolute atomic E-state index is 0.288. The van der Waals surface area contributed by atoms with Crippen LogP contribution in [-0.2, 0) is 0 Å². The molecule has 1 aliphatic heterocycles. The topological polar surface area (TPSA) is 62.4 Å². The van der Waals surface area contributed by atoms with Crippen LogP contribution in [0.3, 0.4) is 0 Å². The molecule has 1 aromatic heterocycles. The van der Waals surface area contributed by atoms with E-state index < -0.39 is 0 Å². The molecule has 2 heterocycles. The van der Waals surface area contributed by atoms with Crippen LogP contribution in [0.4, 0.5) is 10.1 Å². The highest BCUT2D eigenvalue weighted by Gasteiger charge is 2.26. The highest BCUT2D eigenvalue weighted by atomic mass is 19.1. The number of benzene rings is 1. The number of nitrogens with two attached hydrogens (primary N) is 1. The van der Waals surface area contributed by atoms with Crippen molar-refractivity contribution in [1.29, 1.82) is 0 Å². The van der Waals surface area contributed by atoms with E-state index in [1.165, 1.54) is 6.07 Å². The van der Waals surface area contributed by atoms with Crippen LogP contribution in [0.1, 0.15) is 24.9 Å². The van der Waals surface area contributed by atoms with Gasteiger partial charge in [-0.05, 0) is 37.1 Å². The zero-order valence-corrected chi connectivity index (χ0v) is 11.4. The molecule has 1 saturated heterocycles. The van der Waals surface area contributed by atoms with Crippen molar-refractivity contribution in [2.75, 3.05) is 18.0 Å². The van der Waals surface area contributed by atoms with Crippen LogP contribution < -0.4 is 10.6 Å². The molecule has 2 aromatic rings. The summed E-state index contributed by atoms with van der Waals surface area (Å²) in [5.41, 5.74) is 8.21. The van der Waals surface area contributed by atoms with Gasteiger partial charge in [-0.3, -0.25) is 4.98 Å². The molecular weight excluding hydrogens is 257 g/mol. The molecule has 1 fully saturated rings. The van der Waals surface area contributed by atoms with Gasteiger partial charge in [-0.1, -0.05) is 0 Å². The van der Waals surface area contributed by atoms with Gasteiger partial charge in [0, 0.05) is 30.7 Å². The van der Waals surface area contributed by atoms with E-state index in [4.69, 9.17) is 5.73 Å². The van der Waals surface area contributed by atoms with Crippen molar-refractivity contribution in [1.82, 2.24) is 4.98 Å². The molecule has 1 aromatic carbocycles. The molecule has 0 radical (unpaired) electrons. The molecule has 0 amide bonds. The minimum atomic E-state index is -0.347. The number of rotatable bonds is 2. The summed E-state index contributed by atoms with van der Waals surface area (Å²) in [6.45, 7) is 3.11. The Hall–Kier alpha value is -1.72. The van der Waals surface area contributed by atoms with Crippen LogP contribution in [0.15, 0.2) is 24.4 Å². The van der Waals surface area contributed by atoms with E-state index in [0.717, 1.165) is 17.8 Å². The molecule has 0 spiro atoms. The summed E-state index contributed by atoms with van der Waals surface area (Å²) < 4.78 is 14.2. The van der Waals surface area contributed by atoms with Crippen molar-refractivity contribution < 1.29 is 9.50 Å². The number of aromatic nitrogens is 1. The van der Waals surface area contributed by atoms with Crippen molar-refractivity contribution in [3.63, 3.8) is 0 Å². The molecule has 20 heavy (non-hydrogen) atoms. The van der Waals surface area contributed by atoms with E-state index in [2.05, 4.69) is 9.88 Å². The molecule has 0 saturated carbocycles. The minimum Gasteiger partial charge on any atom is -0.391 e. The third-order valence-electron chi connectivity index (χ3n) is 3.82. The normalized spacial score (nSPS) is 20.6. The summed E-state index contributed by atoms with van der Waals surface area (Å²) in [5.74, 6) is -0.302. The van der Waals surface area contributed by atoms with Gasteiger partial charge in [0.15, 0.2) is 0 Å². The molecule has 4 nitrogen and oxygen atoms in total. The number of hydrogen-bond acceptors (Lipinski definition) is 4. The predicted octanol–water partition coefficient (Wildman–Crippen LogP) is 1.96. The molecule has 2 atom stereocenters. The lowest BCUT2D eigenvalue weighted by molar-refractivity contribution is 0.198. The predicted molar refractivity (Wildman–Crippen MR) is 77.1 cm³/mol. The van der Waals surface area contributed by atoms with Crippen LogP contribution in [0.5, 0.6) is 0 Å². The number of anilines is 1. The van der Waals surface area contributed by atoms with Gasteiger partial charge in [-0.25, -0.2) is 4.39 Å². The fourth-order valence-electron chi connectivity index (χ4n) is 2.83. The molecule has 3 N–H and O–H groups in total.